The lowest BCUT2D eigenvalue weighted by Crippen LogP contribution is -1.82. The number of rotatable bonds is 4. The first-order chi connectivity index (χ1) is 17.9. The highest BCUT2D eigenvalue weighted by Gasteiger charge is 2.23. The molecule has 0 N–H and O–H groups in total. The Morgan fingerprint density at radius 3 is 1.67 bits per heavy atom. The van der Waals surface area contributed by atoms with Gasteiger partial charge in [0.15, 0.2) is 5.76 Å². The van der Waals surface area contributed by atoms with Gasteiger partial charge in [-0.1, -0.05) is 127 Å². The molecule has 2 aromatic heterocycles. The molecule has 0 spiro atoms. The van der Waals surface area contributed by atoms with Crippen LogP contribution in [0.1, 0.15) is 0 Å². The third kappa shape index (κ3) is 3.38. The normalized spacial score (nSPS) is 11.3. The summed E-state index contributed by atoms with van der Waals surface area (Å²) in [6.45, 7) is 0. The van der Waals surface area contributed by atoms with Crippen molar-refractivity contribution in [3.63, 3.8) is 0 Å². The summed E-state index contributed by atoms with van der Waals surface area (Å²) in [6.07, 6.45) is 0. The highest BCUT2D eigenvalue weighted by Crippen LogP contribution is 2.50. The maximum atomic E-state index is 6.62. The molecule has 7 rings (SSSR count). The van der Waals surface area contributed by atoms with Gasteiger partial charge in [-0.15, -0.1) is 11.3 Å². The van der Waals surface area contributed by atoms with Gasteiger partial charge in [0.2, 0.25) is 0 Å². The molecular weight excluding hydrogens is 456 g/mol. The molecule has 1 nitrogen and oxygen atoms in total. The van der Waals surface area contributed by atoms with E-state index < -0.39 is 0 Å². The minimum Gasteiger partial charge on any atom is -0.455 e. The van der Waals surface area contributed by atoms with Gasteiger partial charge in [-0.05, 0) is 22.8 Å². The molecular formula is C34H22OS. The van der Waals surface area contributed by atoms with Crippen molar-refractivity contribution in [3.8, 4) is 43.3 Å². The van der Waals surface area contributed by atoms with Gasteiger partial charge in [-0.2, -0.15) is 0 Å². The second-order valence-electron chi connectivity index (χ2n) is 8.89. The van der Waals surface area contributed by atoms with Gasteiger partial charge in [0.25, 0.3) is 0 Å². The predicted octanol–water partition coefficient (Wildman–Crippen LogP) is 10.3. The first-order valence-electron chi connectivity index (χ1n) is 12.1. The summed E-state index contributed by atoms with van der Waals surface area (Å²) in [5.41, 5.74) is 6.94. The van der Waals surface area contributed by atoms with E-state index in [0.29, 0.717) is 0 Å². The number of benzene rings is 5. The Morgan fingerprint density at radius 1 is 0.417 bits per heavy atom. The fraction of sp³-hybridized carbons (Fsp3) is 0. The molecule has 0 saturated heterocycles. The van der Waals surface area contributed by atoms with Crippen molar-refractivity contribution in [1.82, 2.24) is 0 Å². The van der Waals surface area contributed by atoms with Gasteiger partial charge in [-0.3, -0.25) is 0 Å². The van der Waals surface area contributed by atoms with Crippen LogP contribution in [0, 0.1) is 0 Å². The van der Waals surface area contributed by atoms with Gasteiger partial charge in [-0.25, -0.2) is 0 Å². The quantitative estimate of drug-likeness (QED) is 0.245. The van der Waals surface area contributed by atoms with Crippen molar-refractivity contribution in [1.29, 1.82) is 0 Å². The van der Waals surface area contributed by atoms with Crippen molar-refractivity contribution in [2.75, 3.05) is 0 Å². The highest BCUT2D eigenvalue weighted by atomic mass is 32.1. The predicted molar refractivity (Wildman–Crippen MR) is 153 cm³/mol. The Labute approximate surface area is 213 Å². The molecule has 0 unspecified atom stereocenters. The number of hydrogen-bond acceptors (Lipinski definition) is 2. The van der Waals surface area contributed by atoms with E-state index in [1.54, 1.807) is 0 Å². The van der Waals surface area contributed by atoms with E-state index >= 15 is 0 Å². The zero-order valence-corrected chi connectivity index (χ0v) is 20.3. The molecule has 0 aliphatic heterocycles. The Morgan fingerprint density at radius 2 is 0.944 bits per heavy atom. The van der Waals surface area contributed by atoms with Crippen molar-refractivity contribution >= 4 is 33.1 Å². The van der Waals surface area contributed by atoms with E-state index in [9.17, 15) is 0 Å². The summed E-state index contributed by atoms with van der Waals surface area (Å²) >= 11 is 1.82. The van der Waals surface area contributed by atoms with E-state index in [2.05, 4.69) is 127 Å². The van der Waals surface area contributed by atoms with E-state index in [-0.39, 0.29) is 0 Å². The first-order valence-corrected chi connectivity index (χ1v) is 12.9. The second-order valence-corrected chi connectivity index (χ2v) is 9.91. The monoisotopic (exact) mass is 478 g/mol. The lowest BCUT2D eigenvalue weighted by atomic mass is 9.96. The van der Waals surface area contributed by atoms with Crippen LogP contribution in [0.5, 0.6) is 0 Å². The second kappa shape index (κ2) is 8.67. The van der Waals surface area contributed by atoms with Crippen LogP contribution in [0.2, 0.25) is 0 Å². The fourth-order valence-electron chi connectivity index (χ4n) is 5.11. The van der Waals surface area contributed by atoms with Crippen molar-refractivity contribution in [3.05, 3.63) is 133 Å². The summed E-state index contributed by atoms with van der Waals surface area (Å²) in [7, 11) is 0. The molecule has 36 heavy (non-hydrogen) atoms. The van der Waals surface area contributed by atoms with Gasteiger partial charge in [0.05, 0.1) is 4.88 Å². The van der Waals surface area contributed by atoms with Gasteiger partial charge in [0, 0.05) is 32.2 Å². The zero-order valence-electron chi connectivity index (χ0n) is 19.5. The highest BCUT2D eigenvalue weighted by molar-refractivity contribution is 7.21. The van der Waals surface area contributed by atoms with Crippen LogP contribution in [-0.4, -0.2) is 0 Å². The summed E-state index contributed by atoms with van der Waals surface area (Å²) in [5.74, 6) is 0.937. The SMILES string of the molecule is c1ccc(-c2ccccc2-c2sc(-c3oc4ccccc4c3-c3ccccc3)c3ccccc23)cc1. The molecule has 0 saturated carbocycles. The van der Waals surface area contributed by atoms with Gasteiger partial charge >= 0.3 is 0 Å². The van der Waals surface area contributed by atoms with Crippen molar-refractivity contribution in [2.24, 2.45) is 0 Å². The van der Waals surface area contributed by atoms with Crippen LogP contribution in [-0.2, 0) is 0 Å². The molecule has 7 aromatic rings. The van der Waals surface area contributed by atoms with Crippen LogP contribution in [0.4, 0.5) is 0 Å². The molecule has 5 aromatic carbocycles. The molecule has 0 atom stereocenters. The molecule has 170 valence electrons. The Kier molecular flexibility index (Phi) is 5.04. The zero-order chi connectivity index (χ0) is 23.9. The van der Waals surface area contributed by atoms with Crippen molar-refractivity contribution < 1.29 is 4.42 Å². The largest absolute Gasteiger partial charge is 0.455 e. The number of furan rings is 1. The van der Waals surface area contributed by atoms with Crippen LogP contribution >= 0.6 is 11.3 Å². The molecule has 0 aliphatic rings. The number of fused-ring (bicyclic) bond motifs is 2. The molecule has 0 aliphatic carbocycles. The number of para-hydroxylation sites is 1. The molecule has 2 heterocycles. The number of hydrogen-bond donors (Lipinski definition) is 0. The lowest BCUT2D eigenvalue weighted by Gasteiger charge is -2.09. The molecule has 0 radical (unpaired) electrons. The molecule has 2 heteroatoms. The topological polar surface area (TPSA) is 13.1 Å². The number of thiophene rings is 1. The summed E-state index contributed by atoms with van der Waals surface area (Å²) in [6, 6.07) is 47.0. The summed E-state index contributed by atoms with van der Waals surface area (Å²) in [4.78, 5) is 2.43. The smallest absolute Gasteiger partial charge is 0.153 e. The minimum atomic E-state index is 0.912. The molecule has 0 fully saturated rings. The Hall–Kier alpha value is -4.40. The maximum absolute atomic E-state index is 6.62. The Balaban J connectivity index is 1.53. The van der Waals surface area contributed by atoms with E-state index in [4.69, 9.17) is 4.42 Å². The van der Waals surface area contributed by atoms with Crippen LogP contribution in [0.15, 0.2) is 138 Å². The van der Waals surface area contributed by atoms with Crippen molar-refractivity contribution in [2.45, 2.75) is 0 Å². The Bertz CT molecular complexity index is 1820. The standard InChI is InChI=1S/C34H22OS/c1-3-13-23(14-4-1)25-17-7-8-18-26(25)33-27-19-9-10-20-28(27)34(36-33)32-31(24-15-5-2-6-16-24)29-21-11-12-22-30(29)35-32/h1-22H. The first kappa shape index (κ1) is 20.9. The third-order valence-corrected chi connectivity index (χ3v) is 7.99. The van der Waals surface area contributed by atoms with E-state index in [1.165, 1.54) is 42.8 Å². The molecule has 0 bridgehead atoms. The summed E-state index contributed by atoms with van der Waals surface area (Å²) < 4.78 is 6.62. The van der Waals surface area contributed by atoms with E-state index in [1.807, 2.05) is 17.4 Å². The van der Waals surface area contributed by atoms with E-state index in [0.717, 1.165) is 22.3 Å². The van der Waals surface area contributed by atoms with Gasteiger partial charge in [0.1, 0.15) is 5.58 Å². The minimum absolute atomic E-state index is 0.912. The van der Waals surface area contributed by atoms with Crippen LogP contribution < -0.4 is 0 Å². The van der Waals surface area contributed by atoms with Crippen LogP contribution in [0.25, 0.3) is 65.1 Å². The summed E-state index contributed by atoms with van der Waals surface area (Å²) in [5, 5.41) is 3.61. The third-order valence-electron chi connectivity index (χ3n) is 6.74. The average Bonchev–Trinajstić information content (AvgIpc) is 3.53. The fourth-order valence-corrected chi connectivity index (χ4v) is 6.41. The van der Waals surface area contributed by atoms with Crippen LogP contribution in [0.3, 0.4) is 0 Å². The maximum Gasteiger partial charge on any atom is 0.153 e. The average molecular weight is 479 g/mol. The molecule has 0 amide bonds. The lowest BCUT2D eigenvalue weighted by molar-refractivity contribution is 0.635. The van der Waals surface area contributed by atoms with Gasteiger partial charge < -0.3 is 4.42 Å².